The van der Waals surface area contributed by atoms with E-state index in [9.17, 15) is 9.59 Å². The fourth-order valence-electron chi connectivity index (χ4n) is 2.42. The van der Waals surface area contributed by atoms with Crippen molar-refractivity contribution in [2.45, 2.75) is 13.5 Å². The summed E-state index contributed by atoms with van der Waals surface area (Å²) < 4.78 is 1.59. The molecule has 0 spiro atoms. The van der Waals surface area contributed by atoms with Gasteiger partial charge in [-0.1, -0.05) is 34.5 Å². The molecule has 0 saturated carbocycles. The molecule has 0 atom stereocenters. The molecule has 0 fully saturated rings. The van der Waals surface area contributed by atoms with Gasteiger partial charge >= 0.3 is 5.97 Å². The lowest BCUT2D eigenvalue weighted by atomic mass is 10.2. The Morgan fingerprint density at radius 3 is 2.44 bits per heavy atom. The first kappa shape index (κ1) is 18.9. The van der Waals surface area contributed by atoms with Crippen LogP contribution >= 0.6 is 23.2 Å². The fraction of sp³-hybridized carbons (Fsp3) is 0.111. The number of carboxylic acids is 1. The van der Waals surface area contributed by atoms with Gasteiger partial charge in [-0.2, -0.15) is 0 Å². The van der Waals surface area contributed by atoms with Crippen molar-refractivity contribution in [1.29, 1.82) is 0 Å². The van der Waals surface area contributed by atoms with Gasteiger partial charge in [0.25, 0.3) is 5.91 Å². The summed E-state index contributed by atoms with van der Waals surface area (Å²) in [4.78, 5) is 23.3. The van der Waals surface area contributed by atoms with Crippen LogP contribution in [0.25, 0.3) is 0 Å². The van der Waals surface area contributed by atoms with Crippen molar-refractivity contribution in [3.05, 3.63) is 75.0 Å². The van der Waals surface area contributed by atoms with Crippen LogP contribution in [0, 0.1) is 6.92 Å². The molecule has 1 heterocycles. The Kier molecular flexibility index (Phi) is 5.43. The van der Waals surface area contributed by atoms with E-state index in [0.29, 0.717) is 28.0 Å². The lowest BCUT2D eigenvalue weighted by Gasteiger charge is -2.06. The van der Waals surface area contributed by atoms with E-state index in [1.165, 1.54) is 24.3 Å². The molecule has 27 heavy (non-hydrogen) atoms. The number of carboxylic acid groups (broad SMARTS) is 1. The summed E-state index contributed by atoms with van der Waals surface area (Å²) in [6.45, 7) is 2.12. The molecule has 1 aromatic heterocycles. The summed E-state index contributed by atoms with van der Waals surface area (Å²) in [5, 5.41) is 20.4. The number of carbonyl (C=O) groups excluding carboxylic acids is 1. The number of nitrogens with one attached hydrogen (secondary N) is 1. The highest BCUT2D eigenvalue weighted by Crippen LogP contribution is 2.23. The van der Waals surface area contributed by atoms with E-state index in [-0.39, 0.29) is 11.3 Å². The van der Waals surface area contributed by atoms with E-state index in [1.807, 2.05) is 6.07 Å². The lowest BCUT2D eigenvalue weighted by Crippen LogP contribution is -2.14. The maximum Gasteiger partial charge on any atom is 0.335 e. The van der Waals surface area contributed by atoms with Gasteiger partial charge in [-0.3, -0.25) is 4.79 Å². The topological polar surface area (TPSA) is 97.1 Å². The number of anilines is 1. The Morgan fingerprint density at radius 1 is 1.11 bits per heavy atom. The normalized spacial score (nSPS) is 10.6. The minimum Gasteiger partial charge on any atom is -0.478 e. The van der Waals surface area contributed by atoms with Crippen LogP contribution in [0.15, 0.2) is 42.5 Å². The zero-order valence-electron chi connectivity index (χ0n) is 14.1. The van der Waals surface area contributed by atoms with Crippen molar-refractivity contribution in [1.82, 2.24) is 15.0 Å². The van der Waals surface area contributed by atoms with E-state index < -0.39 is 11.9 Å². The number of carbonyl (C=O) groups is 2. The Balaban J connectivity index is 1.74. The van der Waals surface area contributed by atoms with E-state index in [1.54, 1.807) is 23.7 Å². The molecule has 0 aliphatic carbocycles. The number of hydrogen-bond donors (Lipinski definition) is 2. The molecule has 7 nitrogen and oxygen atoms in total. The predicted molar refractivity (Wildman–Crippen MR) is 102 cm³/mol. The standard InChI is InChI=1S/C18H14Cl2N4O3/c1-10-16(17(25)21-13-5-3-12(4-6-13)18(26)27)22-23-24(10)9-11-2-7-14(19)15(20)8-11/h2-8H,9H2,1H3,(H,21,25)(H,26,27). The molecule has 0 saturated heterocycles. The van der Waals surface area contributed by atoms with Crippen molar-refractivity contribution in [2.24, 2.45) is 0 Å². The van der Waals surface area contributed by atoms with Gasteiger partial charge in [-0.15, -0.1) is 5.10 Å². The minimum absolute atomic E-state index is 0.136. The predicted octanol–water partition coefficient (Wildman–Crippen LogP) is 3.89. The average molecular weight is 405 g/mol. The number of hydrogen-bond acceptors (Lipinski definition) is 4. The third-order valence-corrected chi connectivity index (χ3v) is 4.64. The Morgan fingerprint density at radius 2 is 1.81 bits per heavy atom. The molecule has 0 radical (unpaired) electrons. The summed E-state index contributed by atoms with van der Waals surface area (Å²) in [6, 6.07) is 11.1. The molecule has 2 aromatic carbocycles. The third kappa shape index (κ3) is 4.27. The first-order valence-electron chi connectivity index (χ1n) is 7.84. The van der Waals surface area contributed by atoms with Crippen LogP contribution in [0.5, 0.6) is 0 Å². The van der Waals surface area contributed by atoms with Gasteiger partial charge in [0.1, 0.15) is 0 Å². The summed E-state index contributed by atoms with van der Waals surface area (Å²) in [5.74, 6) is -1.47. The lowest BCUT2D eigenvalue weighted by molar-refractivity contribution is 0.0696. The van der Waals surface area contributed by atoms with Crippen LogP contribution in [-0.2, 0) is 6.54 Å². The smallest absolute Gasteiger partial charge is 0.335 e. The number of aromatic nitrogens is 3. The number of nitrogens with zero attached hydrogens (tertiary/aromatic N) is 3. The number of aromatic carboxylic acids is 1. The van der Waals surface area contributed by atoms with Crippen LogP contribution in [0.4, 0.5) is 5.69 Å². The second-order valence-electron chi connectivity index (χ2n) is 5.77. The highest BCUT2D eigenvalue weighted by atomic mass is 35.5. The SMILES string of the molecule is Cc1c(C(=O)Nc2ccc(C(=O)O)cc2)nnn1Cc1ccc(Cl)c(Cl)c1. The van der Waals surface area contributed by atoms with E-state index in [4.69, 9.17) is 28.3 Å². The van der Waals surface area contributed by atoms with Crippen molar-refractivity contribution in [2.75, 3.05) is 5.32 Å². The molecule has 0 unspecified atom stereocenters. The fourth-order valence-corrected chi connectivity index (χ4v) is 2.74. The maximum absolute atomic E-state index is 12.4. The second kappa shape index (κ2) is 7.77. The van der Waals surface area contributed by atoms with Gasteiger partial charge < -0.3 is 10.4 Å². The van der Waals surface area contributed by atoms with Crippen molar-refractivity contribution in [3.63, 3.8) is 0 Å². The van der Waals surface area contributed by atoms with Crippen LogP contribution in [0.2, 0.25) is 10.0 Å². The number of rotatable bonds is 5. The van der Waals surface area contributed by atoms with Gasteiger partial charge in [0, 0.05) is 5.69 Å². The summed E-state index contributed by atoms with van der Waals surface area (Å²) in [5.41, 5.74) is 2.23. The largest absolute Gasteiger partial charge is 0.478 e. The molecule has 138 valence electrons. The van der Waals surface area contributed by atoms with Crippen LogP contribution in [0.3, 0.4) is 0 Å². The molecule has 3 aromatic rings. The molecule has 3 rings (SSSR count). The van der Waals surface area contributed by atoms with Crippen LogP contribution < -0.4 is 5.32 Å². The number of halogens is 2. The summed E-state index contributed by atoms with van der Waals surface area (Å²) >= 11 is 11.9. The summed E-state index contributed by atoms with van der Waals surface area (Å²) in [7, 11) is 0. The van der Waals surface area contributed by atoms with Crippen LogP contribution in [0.1, 0.15) is 32.1 Å². The number of amides is 1. The second-order valence-corrected chi connectivity index (χ2v) is 6.58. The van der Waals surface area contributed by atoms with E-state index in [2.05, 4.69) is 15.6 Å². The quantitative estimate of drug-likeness (QED) is 0.671. The van der Waals surface area contributed by atoms with E-state index in [0.717, 1.165) is 5.56 Å². The highest BCUT2D eigenvalue weighted by Gasteiger charge is 2.17. The molecular formula is C18H14Cl2N4O3. The molecule has 9 heteroatoms. The van der Waals surface area contributed by atoms with Crippen LogP contribution in [-0.4, -0.2) is 32.0 Å². The van der Waals surface area contributed by atoms with Crippen molar-refractivity contribution in [3.8, 4) is 0 Å². The van der Waals surface area contributed by atoms with Gasteiger partial charge in [-0.05, 0) is 48.9 Å². The Labute approximate surface area is 164 Å². The average Bonchev–Trinajstić information content (AvgIpc) is 2.99. The third-order valence-electron chi connectivity index (χ3n) is 3.90. The van der Waals surface area contributed by atoms with Gasteiger partial charge in [0.15, 0.2) is 5.69 Å². The highest BCUT2D eigenvalue weighted by molar-refractivity contribution is 6.42. The molecular weight excluding hydrogens is 391 g/mol. The maximum atomic E-state index is 12.4. The first-order valence-corrected chi connectivity index (χ1v) is 8.59. The number of benzene rings is 2. The molecule has 1 amide bonds. The Bertz CT molecular complexity index is 1020. The summed E-state index contributed by atoms with van der Waals surface area (Å²) in [6.07, 6.45) is 0. The van der Waals surface area contributed by atoms with Gasteiger partial charge in [0.05, 0.1) is 27.8 Å². The molecule has 0 bridgehead atoms. The zero-order chi connectivity index (χ0) is 19.6. The van der Waals surface area contributed by atoms with Gasteiger partial charge in [-0.25, -0.2) is 9.48 Å². The minimum atomic E-state index is -1.03. The molecule has 2 N–H and O–H groups in total. The van der Waals surface area contributed by atoms with Crippen molar-refractivity contribution < 1.29 is 14.7 Å². The van der Waals surface area contributed by atoms with Gasteiger partial charge in [0.2, 0.25) is 0 Å². The van der Waals surface area contributed by atoms with Crippen molar-refractivity contribution >= 4 is 40.8 Å². The van der Waals surface area contributed by atoms with E-state index >= 15 is 0 Å². The Hall–Kier alpha value is -2.90. The molecule has 0 aliphatic heterocycles. The first-order chi connectivity index (χ1) is 12.8. The zero-order valence-corrected chi connectivity index (χ0v) is 15.6. The monoisotopic (exact) mass is 404 g/mol. The molecule has 0 aliphatic rings.